The van der Waals surface area contributed by atoms with Crippen LogP contribution >= 0.6 is 0 Å². The van der Waals surface area contributed by atoms with E-state index >= 15 is 0 Å². The zero-order valence-electron chi connectivity index (χ0n) is 17.4. The van der Waals surface area contributed by atoms with Crippen LogP contribution in [0.1, 0.15) is 27.8 Å². The van der Waals surface area contributed by atoms with Gasteiger partial charge in [-0.2, -0.15) is 0 Å². The molecule has 2 heterocycles. The van der Waals surface area contributed by atoms with Crippen LogP contribution in [0.2, 0.25) is 0 Å². The highest BCUT2D eigenvalue weighted by Crippen LogP contribution is 2.34. The van der Waals surface area contributed by atoms with Crippen molar-refractivity contribution in [1.82, 2.24) is 5.32 Å². The number of aryl methyl sites for hydroxylation is 3. The SMILES string of the molecule is COc1ccccc1CNC(=O)Cc1c(C)c2c(cc(C)c3c(C)coc32)oc1=O. The predicted octanol–water partition coefficient (Wildman–Crippen LogP) is 4.33. The van der Waals surface area contributed by atoms with E-state index < -0.39 is 5.63 Å². The number of nitrogens with one attached hydrogen (secondary N) is 1. The van der Waals surface area contributed by atoms with Crippen molar-refractivity contribution in [3.63, 3.8) is 0 Å². The minimum atomic E-state index is -0.505. The van der Waals surface area contributed by atoms with Crippen molar-refractivity contribution < 1.29 is 18.4 Å². The van der Waals surface area contributed by atoms with E-state index in [0.29, 0.717) is 34.6 Å². The molecule has 0 radical (unpaired) electrons. The van der Waals surface area contributed by atoms with Crippen LogP contribution in [0.4, 0.5) is 0 Å². The first-order valence-corrected chi connectivity index (χ1v) is 9.73. The lowest BCUT2D eigenvalue weighted by Crippen LogP contribution is -2.27. The second-order valence-electron chi connectivity index (χ2n) is 7.45. The molecular weight excluding hydrogens is 382 g/mol. The van der Waals surface area contributed by atoms with Gasteiger partial charge in [0.1, 0.15) is 16.9 Å². The van der Waals surface area contributed by atoms with Crippen molar-refractivity contribution in [2.45, 2.75) is 33.7 Å². The lowest BCUT2D eigenvalue weighted by Gasteiger charge is -2.11. The maximum Gasteiger partial charge on any atom is 0.340 e. The zero-order valence-corrected chi connectivity index (χ0v) is 17.4. The second kappa shape index (κ2) is 7.71. The van der Waals surface area contributed by atoms with Crippen molar-refractivity contribution in [2.75, 3.05) is 7.11 Å². The molecule has 154 valence electrons. The Balaban J connectivity index is 1.67. The van der Waals surface area contributed by atoms with Crippen molar-refractivity contribution in [2.24, 2.45) is 0 Å². The Bertz CT molecular complexity index is 1330. The molecule has 4 aromatic rings. The molecular formula is C24H23NO5. The first-order valence-electron chi connectivity index (χ1n) is 9.73. The van der Waals surface area contributed by atoms with Gasteiger partial charge in [0.2, 0.25) is 5.91 Å². The Kier molecular flexibility index (Phi) is 5.08. The van der Waals surface area contributed by atoms with Gasteiger partial charge in [-0.05, 0) is 49.6 Å². The summed E-state index contributed by atoms with van der Waals surface area (Å²) in [6.45, 7) is 6.07. The van der Waals surface area contributed by atoms with E-state index in [1.807, 2.05) is 51.1 Å². The zero-order chi connectivity index (χ0) is 21.4. The molecule has 1 N–H and O–H groups in total. The summed E-state index contributed by atoms with van der Waals surface area (Å²) in [6, 6.07) is 9.31. The molecule has 30 heavy (non-hydrogen) atoms. The molecule has 0 unspecified atom stereocenters. The molecule has 0 bridgehead atoms. The van der Waals surface area contributed by atoms with Gasteiger partial charge in [-0.1, -0.05) is 18.2 Å². The fourth-order valence-corrected chi connectivity index (χ4v) is 3.94. The van der Waals surface area contributed by atoms with E-state index in [-0.39, 0.29) is 12.3 Å². The van der Waals surface area contributed by atoms with Gasteiger partial charge in [0.05, 0.1) is 30.7 Å². The van der Waals surface area contributed by atoms with Crippen LogP contribution in [0.3, 0.4) is 0 Å². The number of methoxy groups -OCH3 is 1. The quantitative estimate of drug-likeness (QED) is 0.500. The number of carbonyl (C=O) groups excluding carboxylic acids is 1. The van der Waals surface area contributed by atoms with E-state index in [1.165, 1.54) is 0 Å². The molecule has 0 atom stereocenters. The summed E-state index contributed by atoms with van der Waals surface area (Å²) in [5, 5.41) is 4.59. The number of hydrogen-bond acceptors (Lipinski definition) is 5. The van der Waals surface area contributed by atoms with Crippen LogP contribution in [0.15, 0.2) is 50.2 Å². The van der Waals surface area contributed by atoms with Crippen LogP contribution < -0.4 is 15.7 Å². The number of furan rings is 1. The van der Waals surface area contributed by atoms with Crippen LogP contribution in [-0.4, -0.2) is 13.0 Å². The summed E-state index contributed by atoms with van der Waals surface area (Å²) < 4.78 is 16.6. The fourth-order valence-electron chi connectivity index (χ4n) is 3.94. The summed E-state index contributed by atoms with van der Waals surface area (Å²) in [5.41, 5.74) is 4.54. The molecule has 2 aromatic carbocycles. The monoisotopic (exact) mass is 405 g/mol. The highest BCUT2D eigenvalue weighted by molar-refractivity contribution is 6.07. The Labute approximate surface area is 173 Å². The highest BCUT2D eigenvalue weighted by Gasteiger charge is 2.20. The number of para-hydroxylation sites is 1. The topological polar surface area (TPSA) is 81.7 Å². The number of ether oxygens (including phenoxy) is 1. The number of fused-ring (bicyclic) bond motifs is 3. The number of amides is 1. The van der Waals surface area contributed by atoms with E-state index in [0.717, 1.165) is 27.5 Å². The van der Waals surface area contributed by atoms with E-state index in [2.05, 4.69) is 5.32 Å². The third-order valence-corrected chi connectivity index (χ3v) is 5.47. The maximum absolute atomic E-state index is 12.6. The van der Waals surface area contributed by atoms with Crippen LogP contribution in [-0.2, 0) is 17.8 Å². The number of hydrogen-bond donors (Lipinski definition) is 1. The number of carbonyl (C=O) groups is 1. The molecule has 6 nitrogen and oxygen atoms in total. The first kappa shape index (κ1) is 19.8. The van der Waals surface area contributed by atoms with Crippen LogP contribution in [0.25, 0.3) is 21.9 Å². The number of benzene rings is 2. The lowest BCUT2D eigenvalue weighted by molar-refractivity contribution is -0.120. The lowest BCUT2D eigenvalue weighted by atomic mass is 9.98. The van der Waals surface area contributed by atoms with E-state index in [1.54, 1.807) is 13.4 Å². The van der Waals surface area contributed by atoms with Crippen molar-refractivity contribution in [3.05, 3.63) is 74.8 Å². The fraction of sp³-hybridized carbons (Fsp3) is 0.250. The summed E-state index contributed by atoms with van der Waals surface area (Å²) in [6.07, 6.45) is 1.62. The van der Waals surface area contributed by atoms with Crippen molar-refractivity contribution >= 4 is 27.8 Å². The standard InChI is InChI=1S/C24H23NO5/c1-13-9-19-22(23-21(13)14(2)12-29-23)15(3)17(24(27)30-19)10-20(26)25-11-16-7-5-6-8-18(16)28-4/h5-9,12H,10-11H2,1-4H3,(H,25,26). The van der Waals surface area contributed by atoms with Gasteiger partial charge in [-0.15, -0.1) is 0 Å². The molecule has 0 aliphatic rings. The Morgan fingerprint density at radius 2 is 1.87 bits per heavy atom. The third-order valence-electron chi connectivity index (χ3n) is 5.47. The molecule has 0 saturated carbocycles. The molecule has 1 amide bonds. The van der Waals surface area contributed by atoms with E-state index in [4.69, 9.17) is 13.6 Å². The van der Waals surface area contributed by atoms with Crippen LogP contribution in [0.5, 0.6) is 5.75 Å². The van der Waals surface area contributed by atoms with Gasteiger partial charge in [0.25, 0.3) is 0 Å². The molecule has 6 heteroatoms. The van der Waals surface area contributed by atoms with Gasteiger partial charge in [0, 0.05) is 17.5 Å². The van der Waals surface area contributed by atoms with Gasteiger partial charge < -0.3 is 18.9 Å². The molecule has 0 fully saturated rings. The Morgan fingerprint density at radius 1 is 1.10 bits per heavy atom. The molecule has 4 rings (SSSR count). The summed E-state index contributed by atoms with van der Waals surface area (Å²) in [7, 11) is 1.59. The van der Waals surface area contributed by atoms with Gasteiger partial charge in [-0.3, -0.25) is 4.79 Å². The van der Waals surface area contributed by atoms with Crippen molar-refractivity contribution in [3.8, 4) is 5.75 Å². The normalized spacial score (nSPS) is 11.2. The molecule has 2 aromatic heterocycles. The van der Waals surface area contributed by atoms with Gasteiger partial charge >= 0.3 is 5.63 Å². The maximum atomic E-state index is 12.6. The van der Waals surface area contributed by atoms with Crippen LogP contribution in [0, 0.1) is 20.8 Å². The molecule has 0 aliphatic heterocycles. The Hall–Kier alpha value is -3.54. The average molecular weight is 405 g/mol. The largest absolute Gasteiger partial charge is 0.496 e. The molecule has 0 saturated heterocycles. The predicted molar refractivity (Wildman–Crippen MR) is 115 cm³/mol. The van der Waals surface area contributed by atoms with Gasteiger partial charge in [0.15, 0.2) is 0 Å². The minimum Gasteiger partial charge on any atom is -0.496 e. The average Bonchev–Trinajstić information content (AvgIpc) is 3.11. The summed E-state index contributed by atoms with van der Waals surface area (Å²) in [5.74, 6) is 0.430. The van der Waals surface area contributed by atoms with E-state index in [9.17, 15) is 9.59 Å². The minimum absolute atomic E-state index is 0.0751. The number of rotatable bonds is 5. The molecule has 0 spiro atoms. The smallest absolute Gasteiger partial charge is 0.340 e. The second-order valence-corrected chi connectivity index (χ2v) is 7.45. The first-order chi connectivity index (χ1) is 14.4. The Morgan fingerprint density at radius 3 is 2.63 bits per heavy atom. The van der Waals surface area contributed by atoms with Gasteiger partial charge in [-0.25, -0.2) is 4.79 Å². The van der Waals surface area contributed by atoms with Crippen molar-refractivity contribution in [1.29, 1.82) is 0 Å². The third kappa shape index (κ3) is 3.34. The summed E-state index contributed by atoms with van der Waals surface area (Å²) >= 11 is 0. The highest BCUT2D eigenvalue weighted by atomic mass is 16.5. The summed E-state index contributed by atoms with van der Waals surface area (Å²) in [4.78, 5) is 25.2. The molecule has 0 aliphatic carbocycles.